The van der Waals surface area contributed by atoms with E-state index in [0.717, 1.165) is 31.2 Å². The fourth-order valence-electron chi connectivity index (χ4n) is 7.55. The van der Waals surface area contributed by atoms with Crippen molar-refractivity contribution in [2.45, 2.75) is 108 Å². The molecule has 1 saturated heterocycles. The zero-order valence-electron chi connectivity index (χ0n) is 21.5. The lowest BCUT2D eigenvalue weighted by atomic mass is 9.53. The molecule has 0 radical (unpaired) electrons. The molecule has 36 heavy (non-hydrogen) atoms. The summed E-state index contributed by atoms with van der Waals surface area (Å²) in [6.45, 7) is 5.78. The number of halogens is 2. The highest BCUT2D eigenvalue weighted by atomic mass is 19.1. The number of benzene rings is 1. The average Bonchev–Trinajstić information content (AvgIpc) is 3.48. The Bertz CT molecular complexity index is 1060. The second-order valence-corrected chi connectivity index (χ2v) is 13.0. The molecule has 7 rings (SSSR count). The van der Waals surface area contributed by atoms with E-state index in [-0.39, 0.29) is 29.4 Å². The van der Waals surface area contributed by atoms with Crippen LogP contribution in [0.25, 0.3) is 0 Å². The molecule has 0 aromatic heterocycles. The first-order valence-electron chi connectivity index (χ1n) is 13.7. The SMILES string of the molecule is CC(C)(C)OC(=O)C1CCCN1C(=O)c1cc(C2CC2)c(O[C@@H]2[C@@H]3C[C@H]4C[C@H]2C[C@](F)(C4)C3)cc1F. The molecule has 7 heteroatoms. The largest absolute Gasteiger partial charge is 0.489 e. The lowest BCUT2D eigenvalue weighted by Crippen LogP contribution is -2.56. The van der Waals surface area contributed by atoms with E-state index in [2.05, 4.69) is 0 Å². The lowest BCUT2D eigenvalue weighted by Gasteiger charge is -2.56. The number of hydrogen-bond donors (Lipinski definition) is 0. The average molecular weight is 502 g/mol. The normalized spacial score (nSPS) is 35.2. The van der Waals surface area contributed by atoms with Gasteiger partial charge < -0.3 is 14.4 Å². The van der Waals surface area contributed by atoms with Gasteiger partial charge in [-0.15, -0.1) is 0 Å². The predicted molar refractivity (Wildman–Crippen MR) is 130 cm³/mol. The number of nitrogens with zero attached hydrogens (tertiary/aromatic N) is 1. The molecule has 5 aliphatic carbocycles. The van der Waals surface area contributed by atoms with Gasteiger partial charge in [-0.25, -0.2) is 13.6 Å². The molecule has 5 nitrogen and oxygen atoms in total. The van der Waals surface area contributed by atoms with Crippen LogP contribution in [0.3, 0.4) is 0 Å². The molecule has 0 spiro atoms. The number of rotatable bonds is 5. The molecule has 6 atom stereocenters. The molecule has 1 aliphatic heterocycles. The predicted octanol–water partition coefficient (Wildman–Crippen LogP) is 5.95. The summed E-state index contributed by atoms with van der Waals surface area (Å²) < 4.78 is 42.7. The monoisotopic (exact) mass is 501 g/mol. The minimum Gasteiger partial charge on any atom is -0.489 e. The fraction of sp³-hybridized carbons (Fsp3) is 0.724. The van der Waals surface area contributed by atoms with E-state index in [9.17, 15) is 9.59 Å². The van der Waals surface area contributed by atoms with E-state index in [1.165, 1.54) is 11.0 Å². The van der Waals surface area contributed by atoms with Crippen LogP contribution in [0.15, 0.2) is 12.1 Å². The second kappa shape index (κ2) is 8.42. The molecule has 1 aromatic carbocycles. The number of ether oxygens (including phenoxy) is 2. The van der Waals surface area contributed by atoms with Gasteiger partial charge in [-0.3, -0.25) is 4.79 Å². The minimum absolute atomic E-state index is 0.00694. The van der Waals surface area contributed by atoms with Crippen LogP contribution in [0.5, 0.6) is 5.75 Å². The molecule has 1 amide bonds. The number of carbonyl (C=O) groups excluding carboxylic acids is 2. The summed E-state index contributed by atoms with van der Waals surface area (Å²) in [5.74, 6) is 0.0323. The Morgan fingerprint density at radius 3 is 2.36 bits per heavy atom. The molecule has 1 aromatic rings. The quantitative estimate of drug-likeness (QED) is 0.468. The van der Waals surface area contributed by atoms with E-state index in [0.29, 0.717) is 50.3 Å². The Hall–Kier alpha value is -2.18. The molecule has 196 valence electrons. The maximum Gasteiger partial charge on any atom is 0.329 e. The van der Waals surface area contributed by atoms with Gasteiger partial charge in [0.05, 0.1) is 5.56 Å². The molecule has 5 saturated carbocycles. The molecule has 6 fully saturated rings. The first kappa shape index (κ1) is 24.2. The first-order chi connectivity index (χ1) is 17.0. The van der Waals surface area contributed by atoms with Gasteiger partial charge in [0, 0.05) is 12.6 Å². The Morgan fingerprint density at radius 1 is 1.06 bits per heavy atom. The van der Waals surface area contributed by atoms with E-state index < -0.39 is 35.0 Å². The number of hydrogen-bond acceptors (Lipinski definition) is 4. The van der Waals surface area contributed by atoms with E-state index in [1.807, 2.05) is 0 Å². The Balaban J connectivity index is 1.25. The van der Waals surface area contributed by atoms with Crippen LogP contribution in [0.1, 0.15) is 100 Å². The Kier molecular flexibility index (Phi) is 5.65. The third kappa shape index (κ3) is 4.41. The van der Waals surface area contributed by atoms with Gasteiger partial charge in [-0.2, -0.15) is 0 Å². The van der Waals surface area contributed by atoms with Gasteiger partial charge in [0.2, 0.25) is 0 Å². The highest BCUT2D eigenvalue weighted by molar-refractivity contribution is 5.98. The number of alkyl halides is 1. The number of carbonyl (C=O) groups is 2. The summed E-state index contributed by atoms with van der Waals surface area (Å²) in [6.07, 6.45) is 6.83. The summed E-state index contributed by atoms with van der Waals surface area (Å²) in [5, 5.41) is 0. The van der Waals surface area contributed by atoms with Gasteiger partial charge in [0.1, 0.15) is 35.0 Å². The molecule has 4 bridgehead atoms. The third-order valence-electron chi connectivity index (χ3n) is 8.91. The summed E-state index contributed by atoms with van der Waals surface area (Å²) in [4.78, 5) is 27.7. The maximum absolute atomic E-state index is 15.5. The van der Waals surface area contributed by atoms with Crippen LogP contribution < -0.4 is 4.74 Å². The molecule has 6 aliphatic rings. The van der Waals surface area contributed by atoms with Crippen molar-refractivity contribution in [3.05, 3.63) is 29.1 Å². The zero-order chi connectivity index (χ0) is 25.4. The van der Waals surface area contributed by atoms with E-state index in [4.69, 9.17) is 9.47 Å². The second-order valence-electron chi connectivity index (χ2n) is 13.0. The summed E-state index contributed by atoms with van der Waals surface area (Å²) in [5.41, 5.74) is -0.834. The first-order valence-corrected chi connectivity index (χ1v) is 13.7. The van der Waals surface area contributed by atoms with Crippen LogP contribution >= 0.6 is 0 Å². The number of esters is 1. The fourth-order valence-corrected chi connectivity index (χ4v) is 7.55. The maximum atomic E-state index is 15.5. The van der Waals surface area contributed by atoms with Crippen LogP contribution in [0, 0.1) is 23.6 Å². The van der Waals surface area contributed by atoms with Gasteiger partial charge >= 0.3 is 5.97 Å². The minimum atomic E-state index is -1.04. The van der Waals surface area contributed by atoms with Crippen LogP contribution in [-0.2, 0) is 9.53 Å². The van der Waals surface area contributed by atoms with Crippen molar-refractivity contribution in [2.75, 3.05) is 6.54 Å². The van der Waals surface area contributed by atoms with Crippen molar-refractivity contribution in [1.29, 1.82) is 0 Å². The zero-order valence-corrected chi connectivity index (χ0v) is 21.5. The molecule has 0 N–H and O–H groups in total. The van der Waals surface area contributed by atoms with Crippen LogP contribution in [-0.4, -0.2) is 46.7 Å². The summed E-state index contributed by atoms with van der Waals surface area (Å²) in [6, 6.07) is 2.33. The van der Waals surface area contributed by atoms with Crippen molar-refractivity contribution in [1.82, 2.24) is 4.90 Å². The standard InChI is InChI=1S/C29H37F2NO4/c1-28(2,3)36-27(34)23-5-4-8-32(23)26(33)21-11-20(17-6-7-17)24(12-22(21)30)35-25-18-9-16-10-19(25)15-29(31,13-16)14-18/h11-12,16-19,23,25H,4-10,13-15H2,1-3H3/t16-,18+,19-,23?,25+,29-. The highest BCUT2D eigenvalue weighted by Gasteiger charge is 2.57. The van der Waals surface area contributed by atoms with Crippen molar-refractivity contribution < 1.29 is 27.8 Å². The van der Waals surface area contributed by atoms with Crippen LogP contribution in [0.2, 0.25) is 0 Å². The van der Waals surface area contributed by atoms with Crippen molar-refractivity contribution in [2.24, 2.45) is 17.8 Å². The molecular formula is C29H37F2NO4. The van der Waals surface area contributed by atoms with Gasteiger partial charge in [0.15, 0.2) is 0 Å². The van der Waals surface area contributed by atoms with Crippen molar-refractivity contribution >= 4 is 11.9 Å². The Morgan fingerprint density at radius 2 is 1.75 bits per heavy atom. The summed E-state index contributed by atoms with van der Waals surface area (Å²) >= 11 is 0. The number of amides is 1. The van der Waals surface area contributed by atoms with Crippen LogP contribution in [0.4, 0.5) is 8.78 Å². The van der Waals surface area contributed by atoms with Gasteiger partial charge in [-0.05, 0) is 114 Å². The summed E-state index contributed by atoms with van der Waals surface area (Å²) in [7, 11) is 0. The highest BCUT2D eigenvalue weighted by Crippen LogP contribution is 2.58. The third-order valence-corrected chi connectivity index (χ3v) is 8.91. The van der Waals surface area contributed by atoms with E-state index >= 15 is 8.78 Å². The van der Waals surface area contributed by atoms with Gasteiger partial charge in [-0.1, -0.05) is 0 Å². The lowest BCUT2D eigenvalue weighted by molar-refractivity contribution is -0.159. The van der Waals surface area contributed by atoms with Crippen molar-refractivity contribution in [3.8, 4) is 5.75 Å². The number of likely N-dealkylation sites (tertiary alicyclic amines) is 1. The van der Waals surface area contributed by atoms with E-state index in [1.54, 1.807) is 26.8 Å². The molecular weight excluding hydrogens is 464 g/mol. The Labute approximate surface area is 211 Å². The molecule has 1 unspecified atom stereocenters. The topological polar surface area (TPSA) is 55.8 Å². The molecule has 1 heterocycles. The van der Waals surface area contributed by atoms with Gasteiger partial charge in [0.25, 0.3) is 5.91 Å². The van der Waals surface area contributed by atoms with Crippen molar-refractivity contribution in [3.63, 3.8) is 0 Å². The smallest absolute Gasteiger partial charge is 0.329 e.